The van der Waals surface area contributed by atoms with Crippen molar-refractivity contribution in [3.63, 3.8) is 0 Å². The van der Waals surface area contributed by atoms with E-state index in [1.165, 1.54) is 0 Å². The fraction of sp³-hybridized carbons (Fsp3) is 0.125. The molecule has 1 aromatic rings. The second-order valence-corrected chi connectivity index (χ2v) is 3.45. The highest BCUT2D eigenvalue weighted by atomic mass is 127. The van der Waals surface area contributed by atoms with Gasteiger partial charge in [-0.05, 0) is 34.7 Å². The molecule has 0 bridgehead atoms. The van der Waals surface area contributed by atoms with Crippen LogP contribution in [-0.2, 0) is 4.79 Å². The maximum Gasteiger partial charge on any atom is 0.271 e. The van der Waals surface area contributed by atoms with Gasteiger partial charge in [-0.2, -0.15) is 0 Å². The Kier molecular flexibility index (Phi) is 3.97. The largest absolute Gasteiger partial charge is 0.483 e. The molecule has 1 amide bonds. The highest BCUT2D eigenvalue weighted by molar-refractivity contribution is 14.1. The number of benzene rings is 1. The lowest BCUT2D eigenvalue weighted by atomic mass is 10.3. The van der Waals surface area contributed by atoms with Gasteiger partial charge in [0.15, 0.2) is 6.61 Å². The first-order valence-electron chi connectivity index (χ1n) is 3.61. The summed E-state index contributed by atoms with van der Waals surface area (Å²) in [6.07, 6.45) is 0. The smallest absolute Gasteiger partial charge is 0.271 e. The van der Waals surface area contributed by atoms with E-state index in [-0.39, 0.29) is 12.5 Å². The first kappa shape index (κ1) is 10.3. The SMILES string of the molecule is NNC(=O)COc1ccccc1I. The van der Waals surface area contributed by atoms with Gasteiger partial charge in [0.2, 0.25) is 0 Å². The third-order valence-electron chi connectivity index (χ3n) is 1.36. The van der Waals surface area contributed by atoms with Crippen LogP contribution in [0.1, 0.15) is 0 Å². The number of amides is 1. The number of nitrogens with two attached hydrogens (primary N) is 1. The highest BCUT2D eigenvalue weighted by Crippen LogP contribution is 2.19. The fourth-order valence-corrected chi connectivity index (χ4v) is 1.29. The Morgan fingerprint density at radius 1 is 1.54 bits per heavy atom. The van der Waals surface area contributed by atoms with Gasteiger partial charge in [0.1, 0.15) is 5.75 Å². The van der Waals surface area contributed by atoms with Gasteiger partial charge in [0.05, 0.1) is 3.57 Å². The molecule has 4 nitrogen and oxygen atoms in total. The van der Waals surface area contributed by atoms with E-state index < -0.39 is 0 Å². The third-order valence-corrected chi connectivity index (χ3v) is 2.25. The topological polar surface area (TPSA) is 64.3 Å². The Morgan fingerprint density at radius 2 is 2.23 bits per heavy atom. The van der Waals surface area contributed by atoms with Crippen molar-refractivity contribution in [1.82, 2.24) is 5.43 Å². The number of carbonyl (C=O) groups excluding carboxylic acids is 1. The number of para-hydroxylation sites is 1. The Labute approximate surface area is 89.6 Å². The van der Waals surface area contributed by atoms with E-state index in [9.17, 15) is 4.79 Å². The number of halogens is 1. The lowest BCUT2D eigenvalue weighted by Crippen LogP contribution is -2.34. The minimum absolute atomic E-state index is 0.0590. The normalized spacial score (nSPS) is 9.38. The van der Waals surface area contributed by atoms with Crippen LogP contribution >= 0.6 is 22.6 Å². The molecule has 70 valence electrons. The van der Waals surface area contributed by atoms with E-state index in [4.69, 9.17) is 10.6 Å². The summed E-state index contributed by atoms with van der Waals surface area (Å²) in [5.41, 5.74) is 1.99. The molecule has 3 N–H and O–H groups in total. The van der Waals surface area contributed by atoms with Crippen molar-refractivity contribution in [2.45, 2.75) is 0 Å². The van der Waals surface area contributed by atoms with Gasteiger partial charge in [-0.25, -0.2) is 5.84 Å². The average Bonchev–Trinajstić information content (AvgIpc) is 2.16. The summed E-state index contributed by atoms with van der Waals surface area (Å²) in [6, 6.07) is 7.44. The summed E-state index contributed by atoms with van der Waals surface area (Å²) in [5.74, 6) is 5.23. The quantitative estimate of drug-likeness (QED) is 0.372. The predicted molar refractivity (Wildman–Crippen MR) is 57.0 cm³/mol. The van der Waals surface area contributed by atoms with Crippen LogP contribution in [0.25, 0.3) is 0 Å². The minimum atomic E-state index is -0.348. The Bertz CT molecular complexity index is 304. The summed E-state index contributed by atoms with van der Waals surface area (Å²) < 4.78 is 6.15. The van der Waals surface area contributed by atoms with Crippen LogP contribution in [0, 0.1) is 3.57 Å². The predicted octanol–water partition coefficient (Wildman–Crippen LogP) is 0.660. The van der Waals surface area contributed by atoms with Gasteiger partial charge in [0.25, 0.3) is 5.91 Å². The molecule has 0 fully saturated rings. The molecular weight excluding hydrogens is 283 g/mol. The van der Waals surface area contributed by atoms with Crippen LogP contribution in [-0.4, -0.2) is 12.5 Å². The van der Waals surface area contributed by atoms with E-state index in [0.717, 1.165) is 3.57 Å². The maximum atomic E-state index is 10.7. The van der Waals surface area contributed by atoms with Crippen molar-refractivity contribution in [3.05, 3.63) is 27.8 Å². The second kappa shape index (κ2) is 5.03. The first-order valence-corrected chi connectivity index (χ1v) is 4.68. The Hall–Kier alpha value is -0.820. The van der Waals surface area contributed by atoms with Crippen molar-refractivity contribution in [1.29, 1.82) is 0 Å². The number of hydrogen-bond donors (Lipinski definition) is 2. The molecule has 0 atom stereocenters. The highest BCUT2D eigenvalue weighted by Gasteiger charge is 2.02. The van der Waals surface area contributed by atoms with Crippen molar-refractivity contribution < 1.29 is 9.53 Å². The molecule has 0 unspecified atom stereocenters. The summed E-state index contributed by atoms with van der Waals surface area (Å²) in [7, 11) is 0. The van der Waals surface area contributed by atoms with Crippen LogP contribution in [0.4, 0.5) is 0 Å². The van der Waals surface area contributed by atoms with Crippen molar-refractivity contribution in [2.24, 2.45) is 5.84 Å². The molecule has 0 radical (unpaired) electrons. The van der Waals surface area contributed by atoms with Gasteiger partial charge >= 0.3 is 0 Å². The molecule has 0 saturated heterocycles. The molecule has 5 heteroatoms. The van der Waals surface area contributed by atoms with Crippen molar-refractivity contribution in [3.8, 4) is 5.75 Å². The van der Waals surface area contributed by atoms with Crippen LogP contribution < -0.4 is 16.0 Å². The molecule has 0 aliphatic rings. The summed E-state index contributed by atoms with van der Waals surface area (Å²) in [5, 5.41) is 0. The summed E-state index contributed by atoms with van der Waals surface area (Å²) >= 11 is 2.13. The molecule has 1 aromatic carbocycles. The molecule has 0 heterocycles. The zero-order valence-electron chi connectivity index (χ0n) is 6.79. The number of nitrogens with one attached hydrogen (secondary N) is 1. The standard InChI is InChI=1S/C8H9IN2O2/c9-6-3-1-2-4-7(6)13-5-8(12)11-10/h1-4H,5,10H2,(H,11,12). The minimum Gasteiger partial charge on any atom is -0.483 e. The van der Waals surface area contributed by atoms with Gasteiger partial charge < -0.3 is 4.74 Å². The average molecular weight is 292 g/mol. The lowest BCUT2D eigenvalue weighted by Gasteiger charge is -2.05. The zero-order valence-corrected chi connectivity index (χ0v) is 8.95. The molecule has 0 aliphatic carbocycles. The van der Waals surface area contributed by atoms with Crippen molar-refractivity contribution >= 4 is 28.5 Å². The van der Waals surface area contributed by atoms with E-state index >= 15 is 0 Å². The van der Waals surface area contributed by atoms with Gasteiger partial charge in [-0.1, -0.05) is 12.1 Å². The van der Waals surface area contributed by atoms with E-state index in [1.807, 2.05) is 23.6 Å². The number of ether oxygens (including phenoxy) is 1. The Balaban J connectivity index is 2.54. The lowest BCUT2D eigenvalue weighted by molar-refractivity contribution is -0.123. The summed E-state index contributed by atoms with van der Waals surface area (Å²) in [6.45, 7) is -0.0590. The zero-order chi connectivity index (χ0) is 9.68. The van der Waals surface area contributed by atoms with Crippen molar-refractivity contribution in [2.75, 3.05) is 6.61 Å². The Morgan fingerprint density at radius 3 is 2.85 bits per heavy atom. The number of carbonyl (C=O) groups is 1. The second-order valence-electron chi connectivity index (χ2n) is 2.29. The van der Waals surface area contributed by atoms with Crippen LogP contribution in [0.2, 0.25) is 0 Å². The van der Waals surface area contributed by atoms with Gasteiger partial charge in [-0.3, -0.25) is 10.2 Å². The molecule has 0 spiro atoms. The number of hydrogen-bond acceptors (Lipinski definition) is 3. The monoisotopic (exact) mass is 292 g/mol. The van der Waals surface area contributed by atoms with E-state index in [0.29, 0.717) is 5.75 Å². The van der Waals surface area contributed by atoms with Gasteiger partial charge in [-0.15, -0.1) is 0 Å². The molecule has 1 rings (SSSR count). The number of hydrazine groups is 1. The third kappa shape index (κ3) is 3.19. The molecule has 0 saturated carbocycles. The fourth-order valence-electron chi connectivity index (χ4n) is 0.747. The maximum absolute atomic E-state index is 10.7. The first-order chi connectivity index (χ1) is 6.24. The molecular formula is C8H9IN2O2. The number of rotatable bonds is 3. The van der Waals surface area contributed by atoms with E-state index in [1.54, 1.807) is 6.07 Å². The van der Waals surface area contributed by atoms with Crippen LogP contribution in [0.15, 0.2) is 24.3 Å². The van der Waals surface area contributed by atoms with Crippen LogP contribution in [0.5, 0.6) is 5.75 Å². The van der Waals surface area contributed by atoms with Crippen LogP contribution in [0.3, 0.4) is 0 Å². The summed E-state index contributed by atoms with van der Waals surface area (Å²) in [4.78, 5) is 10.7. The van der Waals surface area contributed by atoms with Gasteiger partial charge in [0, 0.05) is 0 Å². The molecule has 13 heavy (non-hydrogen) atoms. The van der Waals surface area contributed by atoms with E-state index in [2.05, 4.69) is 22.6 Å². The molecule has 0 aromatic heterocycles. The molecule has 0 aliphatic heterocycles.